The van der Waals surface area contributed by atoms with Gasteiger partial charge in [0.15, 0.2) is 0 Å². The van der Waals surface area contributed by atoms with Gasteiger partial charge in [-0.05, 0) is 54.9 Å². The lowest BCUT2D eigenvalue weighted by Gasteiger charge is -2.19. The zero-order valence-electron chi connectivity index (χ0n) is 15.3. The first kappa shape index (κ1) is 19.6. The highest BCUT2D eigenvalue weighted by molar-refractivity contribution is 7.98. The number of rotatable bonds is 9. The summed E-state index contributed by atoms with van der Waals surface area (Å²) in [6, 6.07) is 11.7. The SMILES string of the molecule is CCCN(CC(=O)Nc1ccc(SC)cc1)Cc1nnc(-c2cccs2)o1. The third-order valence-electron chi connectivity index (χ3n) is 3.84. The Bertz CT molecular complexity index is 847. The number of amides is 1. The quantitative estimate of drug-likeness (QED) is 0.536. The van der Waals surface area contributed by atoms with Gasteiger partial charge in [0.2, 0.25) is 11.8 Å². The predicted octanol–water partition coefficient (Wildman–Crippen LogP) is 4.37. The molecule has 2 heterocycles. The van der Waals surface area contributed by atoms with E-state index in [-0.39, 0.29) is 12.5 Å². The van der Waals surface area contributed by atoms with Crippen LogP contribution in [-0.4, -0.2) is 40.3 Å². The molecule has 0 spiro atoms. The second-order valence-electron chi connectivity index (χ2n) is 5.97. The summed E-state index contributed by atoms with van der Waals surface area (Å²) >= 11 is 3.23. The Balaban J connectivity index is 1.58. The van der Waals surface area contributed by atoms with E-state index in [4.69, 9.17) is 4.42 Å². The molecule has 6 nitrogen and oxygen atoms in total. The number of aromatic nitrogens is 2. The maximum absolute atomic E-state index is 12.4. The topological polar surface area (TPSA) is 71.3 Å². The number of nitrogens with zero attached hydrogens (tertiary/aromatic N) is 3. The predicted molar refractivity (Wildman–Crippen MR) is 110 cm³/mol. The Labute approximate surface area is 167 Å². The summed E-state index contributed by atoms with van der Waals surface area (Å²) in [5, 5.41) is 13.1. The van der Waals surface area contributed by atoms with Gasteiger partial charge in [0.1, 0.15) is 0 Å². The fourth-order valence-corrected chi connectivity index (χ4v) is 3.67. The molecular weight excluding hydrogens is 380 g/mol. The Hall–Kier alpha value is -2.16. The Morgan fingerprint density at radius 3 is 2.74 bits per heavy atom. The van der Waals surface area contributed by atoms with Gasteiger partial charge in [-0.1, -0.05) is 13.0 Å². The van der Waals surface area contributed by atoms with Gasteiger partial charge in [0.25, 0.3) is 5.89 Å². The van der Waals surface area contributed by atoms with E-state index >= 15 is 0 Å². The molecule has 0 saturated carbocycles. The van der Waals surface area contributed by atoms with E-state index in [0.717, 1.165) is 23.5 Å². The number of anilines is 1. The van der Waals surface area contributed by atoms with Crippen LogP contribution >= 0.6 is 23.1 Å². The van der Waals surface area contributed by atoms with Gasteiger partial charge in [-0.3, -0.25) is 9.69 Å². The molecule has 3 aromatic rings. The summed E-state index contributed by atoms with van der Waals surface area (Å²) in [7, 11) is 0. The number of thiophene rings is 1. The first-order valence-electron chi connectivity index (χ1n) is 8.70. The fraction of sp³-hybridized carbons (Fsp3) is 0.316. The van der Waals surface area contributed by atoms with Gasteiger partial charge in [-0.15, -0.1) is 33.3 Å². The summed E-state index contributed by atoms with van der Waals surface area (Å²) in [6.45, 7) is 3.58. The van der Waals surface area contributed by atoms with Crippen molar-refractivity contribution < 1.29 is 9.21 Å². The van der Waals surface area contributed by atoms with Crippen LogP contribution in [0, 0.1) is 0 Å². The molecule has 142 valence electrons. The monoisotopic (exact) mass is 402 g/mol. The van der Waals surface area contributed by atoms with E-state index in [1.165, 1.54) is 4.90 Å². The van der Waals surface area contributed by atoms with E-state index in [2.05, 4.69) is 22.4 Å². The fourth-order valence-electron chi connectivity index (χ4n) is 2.62. The highest BCUT2D eigenvalue weighted by atomic mass is 32.2. The van der Waals surface area contributed by atoms with Crippen molar-refractivity contribution in [3.63, 3.8) is 0 Å². The highest BCUT2D eigenvalue weighted by Gasteiger charge is 2.16. The molecule has 1 aromatic carbocycles. The number of hydrogen-bond acceptors (Lipinski definition) is 7. The van der Waals surface area contributed by atoms with Crippen LogP contribution in [0.4, 0.5) is 5.69 Å². The lowest BCUT2D eigenvalue weighted by Crippen LogP contribution is -2.33. The molecule has 8 heteroatoms. The van der Waals surface area contributed by atoms with E-state index in [1.807, 2.05) is 52.9 Å². The van der Waals surface area contributed by atoms with Crippen LogP contribution in [0.2, 0.25) is 0 Å². The van der Waals surface area contributed by atoms with Crippen LogP contribution in [0.5, 0.6) is 0 Å². The average molecular weight is 403 g/mol. The summed E-state index contributed by atoms with van der Waals surface area (Å²) in [6.07, 6.45) is 2.96. The molecule has 1 amide bonds. The molecular formula is C19H22N4O2S2. The zero-order valence-corrected chi connectivity index (χ0v) is 17.0. The van der Waals surface area contributed by atoms with E-state index in [0.29, 0.717) is 18.3 Å². The largest absolute Gasteiger partial charge is 0.419 e. The third kappa shape index (κ3) is 5.66. The first-order chi connectivity index (χ1) is 13.2. The third-order valence-corrected chi connectivity index (χ3v) is 5.44. The summed E-state index contributed by atoms with van der Waals surface area (Å²) in [5.41, 5.74) is 0.798. The Morgan fingerprint density at radius 2 is 2.07 bits per heavy atom. The van der Waals surface area contributed by atoms with Gasteiger partial charge in [0, 0.05) is 10.6 Å². The van der Waals surface area contributed by atoms with Crippen molar-refractivity contribution in [2.45, 2.75) is 24.8 Å². The standard InChI is InChI=1S/C19H22N4O2S2/c1-3-10-23(12-17(24)20-14-6-8-15(26-2)9-7-14)13-18-21-22-19(25-18)16-5-4-11-27-16/h4-9,11H,3,10,12-13H2,1-2H3,(H,20,24). The lowest BCUT2D eigenvalue weighted by molar-refractivity contribution is -0.117. The van der Waals surface area contributed by atoms with Gasteiger partial charge in [-0.2, -0.15) is 0 Å². The van der Waals surface area contributed by atoms with Crippen LogP contribution < -0.4 is 5.32 Å². The van der Waals surface area contributed by atoms with Crippen LogP contribution in [0.15, 0.2) is 51.1 Å². The second-order valence-corrected chi connectivity index (χ2v) is 7.79. The summed E-state index contributed by atoms with van der Waals surface area (Å²) in [4.78, 5) is 16.5. The van der Waals surface area contributed by atoms with Crippen LogP contribution in [0.25, 0.3) is 10.8 Å². The molecule has 0 radical (unpaired) electrons. The van der Waals surface area contributed by atoms with Crippen molar-refractivity contribution in [1.82, 2.24) is 15.1 Å². The van der Waals surface area contributed by atoms with Gasteiger partial charge in [-0.25, -0.2) is 0 Å². The summed E-state index contributed by atoms with van der Waals surface area (Å²) < 4.78 is 5.74. The minimum Gasteiger partial charge on any atom is -0.419 e. The number of carbonyl (C=O) groups is 1. The van der Waals surface area contributed by atoms with Crippen molar-refractivity contribution in [3.05, 3.63) is 47.7 Å². The summed E-state index contributed by atoms with van der Waals surface area (Å²) in [5.74, 6) is 0.983. The zero-order chi connectivity index (χ0) is 19.1. The normalized spacial score (nSPS) is 11.1. The van der Waals surface area contributed by atoms with Gasteiger partial charge < -0.3 is 9.73 Å². The van der Waals surface area contributed by atoms with Crippen molar-refractivity contribution >= 4 is 34.7 Å². The Kier molecular flexibility index (Phi) is 7.03. The highest BCUT2D eigenvalue weighted by Crippen LogP contribution is 2.23. The molecule has 0 unspecified atom stereocenters. The first-order valence-corrected chi connectivity index (χ1v) is 10.8. The molecule has 27 heavy (non-hydrogen) atoms. The number of hydrogen-bond donors (Lipinski definition) is 1. The molecule has 2 aromatic heterocycles. The lowest BCUT2D eigenvalue weighted by atomic mass is 10.3. The van der Waals surface area contributed by atoms with Crippen LogP contribution in [0.1, 0.15) is 19.2 Å². The maximum atomic E-state index is 12.4. The van der Waals surface area contributed by atoms with Crippen molar-refractivity contribution in [1.29, 1.82) is 0 Å². The maximum Gasteiger partial charge on any atom is 0.257 e. The number of carbonyl (C=O) groups excluding carboxylic acids is 1. The van der Waals surface area contributed by atoms with E-state index < -0.39 is 0 Å². The van der Waals surface area contributed by atoms with Crippen LogP contribution in [-0.2, 0) is 11.3 Å². The molecule has 0 atom stereocenters. The molecule has 1 N–H and O–H groups in total. The molecule has 0 bridgehead atoms. The average Bonchev–Trinajstić information content (AvgIpc) is 3.34. The second kappa shape index (κ2) is 9.68. The van der Waals surface area contributed by atoms with Gasteiger partial charge in [0.05, 0.1) is 18.0 Å². The molecule has 0 saturated heterocycles. The van der Waals surface area contributed by atoms with E-state index in [9.17, 15) is 4.79 Å². The Morgan fingerprint density at radius 1 is 1.26 bits per heavy atom. The minimum absolute atomic E-state index is 0.0571. The molecule has 0 aliphatic rings. The van der Waals surface area contributed by atoms with Crippen molar-refractivity contribution in [2.24, 2.45) is 0 Å². The molecule has 0 aliphatic heterocycles. The molecule has 0 aliphatic carbocycles. The van der Waals surface area contributed by atoms with Gasteiger partial charge >= 0.3 is 0 Å². The van der Waals surface area contributed by atoms with Crippen molar-refractivity contribution in [3.8, 4) is 10.8 Å². The number of benzene rings is 1. The van der Waals surface area contributed by atoms with Crippen LogP contribution in [0.3, 0.4) is 0 Å². The van der Waals surface area contributed by atoms with E-state index in [1.54, 1.807) is 23.1 Å². The van der Waals surface area contributed by atoms with Crippen molar-refractivity contribution in [2.75, 3.05) is 24.7 Å². The number of thioether (sulfide) groups is 1. The molecule has 3 rings (SSSR count). The minimum atomic E-state index is -0.0571. The smallest absolute Gasteiger partial charge is 0.257 e. The number of nitrogens with one attached hydrogen (secondary N) is 1. The molecule has 0 fully saturated rings.